The van der Waals surface area contributed by atoms with Gasteiger partial charge in [0.2, 0.25) is 23.6 Å². The zero-order valence-electron chi connectivity index (χ0n) is 17.6. The Labute approximate surface area is 188 Å². The van der Waals surface area contributed by atoms with Crippen molar-refractivity contribution in [1.29, 1.82) is 0 Å². The van der Waals surface area contributed by atoms with Crippen LogP contribution in [-0.2, 0) is 0 Å². The van der Waals surface area contributed by atoms with Crippen LogP contribution in [0.1, 0.15) is 5.56 Å². The van der Waals surface area contributed by atoms with Gasteiger partial charge in [0.25, 0.3) is 0 Å². The lowest BCUT2D eigenvalue weighted by Gasteiger charge is -2.04. The smallest absolute Gasteiger partial charge is 0.248 e. The van der Waals surface area contributed by atoms with Crippen molar-refractivity contribution in [2.75, 3.05) is 7.11 Å². The molecule has 33 heavy (non-hydrogen) atoms. The topological polar surface area (TPSA) is 107 Å². The van der Waals surface area contributed by atoms with E-state index in [-0.39, 0.29) is 5.75 Å². The Morgan fingerprint density at radius 1 is 0.727 bits per heavy atom. The number of hydrogen-bond acceptors (Lipinski definition) is 8. The van der Waals surface area contributed by atoms with Crippen molar-refractivity contribution < 1.29 is 18.7 Å². The molecule has 8 heteroatoms. The van der Waals surface area contributed by atoms with Crippen molar-refractivity contribution in [2.24, 2.45) is 0 Å². The van der Waals surface area contributed by atoms with Gasteiger partial charge in [0, 0.05) is 22.3 Å². The zero-order valence-corrected chi connectivity index (χ0v) is 17.6. The Morgan fingerprint density at radius 3 is 1.85 bits per heavy atom. The van der Waals surface area contributed by atoms with Crippen LogP contribution < -0.4 is 4.74 Å². The van der Waals surface area contributed by atoms with E-state index in [1.165, 1.54) is 0 Å². The summed E-state index contributed by atoms with van der Waals surface area (Å²) in [6.45, 7) is 3.90. The average Bonchev–Trinajstić information content (AvgIpc) is 3.55. The summed E-state index contributed by atoms with van der Waals surface area (Å²) in [4.78, 5) is 0. The Balaban J connectivity index is 1.44. The van der Waals surface area contributed by atoms with Gasteiger partial charge in [0.1, 0.15) is 11.5 Å². The van der Waals surface area contributed by atoms with Crippen LogP contribution in [0.3, 0.4) is 0 Å². The summed E-state index contributed by atoms with van der Waals surface area (Å²) in [6, 6.07) is 19.5. The monoisotopic (exact) mass is 438 g/mol. The van der Waals surface area contributed by atoms with Crippen LogP contribution in [0.4, 0.5) is 0 Å². The maximum absolute atomic E-state index is 9.45. The van der Waals surface area contributed by atoms with E-state index in [0.717, 1.165) is 28.0 Å². The number of phenolic OH excluding ortho intramolecular Hbond substituents is 1. The van der Waals surface area contributed by atoms with Gasteiger partial charge in [-0.25, -0.2) is 0 Å². The zero-order chi connectivity index (χ0) is 22.8. The van der Waals surface area contributed by atoms with Crippen molar-refractivity contribution in [3.63, 3.8) is 0 Å². The van der Waals surface area contributed by atoms with E-state index < -0.39 is 0 Å². The summed E-state index contributed by atoms with van der Waals surface area (Å²) in [5.41, 5.74) is 3.74. The summed E-state index contributed by atoms with van der Waals surface area (Å²) >= 11 is 0. The van der Waals surface area contributed by atoms with E-state index in [0.29, 0.717) is 29.1 Å². The van der Waals surface area contributed by atoms with Crippen molar-refractivity contribution in [3.05, 3.63) is 78.9 Å². The minimum Gasteiger partial charge on any atom is -0.508 e. The summed E-state index contributed by atoms with van der Waals surface area (Å²) in [6.07, 6.45) is 1.70. The second-order valence-electron chi connectivity index (χ2n) is 7.11. The fraction of sp³-hybridized carbons (Fsp3) is 0.0400. The van der Waals surface area contributed by atoms with Crippen LogP contribution in [0.2, 0.25) is 0 Å². The number of phenols is 1. The van der Waals surface area contributed by atoms with E-state index in [4.69, 9.17) is 13.6 Å². The Hall–Kier alpha value is -4.72. The first-order chi connectivity index (χ1) is 16.1. The molecule has 0 radical (unpaired) electrons. The third-order valence-electron chi connectivity index (χ3n) is 5.05. The minimum absolute atomic E-state index is 0.167. The largest absolute Gasteiger partial charge is 0.508 e. The molecule has 5 aromatic rings. The van der Waals surface area contributed by atoms with Crippen LogP contribution in [0.5, 0.6) is 11.5 Å². The van der Waals surface area contributed by atoms with Gasteiger partial charge in [-0.15, -0.1) is 20.4 Å². The fourth-order valence-corrected chi connectivity index (χ4v) is 3.30. The lowest BCUT2D eigenvalue weighted by Crippen LogP contribution is -1.86. The van der Waals surface area contributed by atoms with Crippen molar-refractivity contribution in [1.82, 2.24) is 20.4 Å². The summed E-state index contributed by atoms with van der Waals surface area (Å²) < 4.78 is 16.9. The van der Waals surface area contributed by atoms with Gasteiger partial charge in [0.15, 0.2) is 0 Å². The number of aromatic hydroxyl groups is 1. The van der Waals surface area contributed by atoms with E-state index in [1.54, 1.807) is 37.5 Å². The SMILES string of the molecule is C=Cc1cc(-c2nnc(-c3ccc(O)cc3)o2)ccc1-c1nnc(-c2ccc(OC)cc2)o1. The Bertz CT molecular complexity index is 1420. The summed E-state index contributed by atoms with van der Waals surface area (Å²) in [7, 11) is 1.61. The van der Waals surface area contributed by atoms with Gasteiger partial charge >= 0.3 is 0 Å². The van der Waals surface area contributed by atoms with Crippen molar-refractivity contribution >= 4 is 6.08 Å². The first-order valence-corrected chi connectivity index (χ1v) is 10.0. The molecule has 0 unspecified atom stereocenters. The summed E-state index contributed by atoms with van der Waals surface area (Å²) in [5.74, 6) is 2.41. The van der Waals surface area contributed by atoms with E-state index in [1.807, 2.05) is 42.5 Å². The predicted molar refractivity (Wildman–Crippen MR) is 122 cm³/mol. The number of aromatic nitrogens is 4. The molecule has 0 aliphatic heterocycles. The maximum atomic E-state index is 9.45. The fourth-order valence-electron chi connectivity index (χ4n) is 3.30. The number of methoxy groups -OCH3 is 1. The molecule has 2 aromatic heterocycles. The van der Waals surface area contributed by atoms with Gasteiger partial charge in [-0.05, 0) is 72.3 Å². The quantitative estimate of drug-likeness (QED) is 0.371. The normalized spacial score (nSPS) is 10.8. The lowest BCUT2D eigenvalue weighted by molar-refractivity contribution is 0.415. The molecule has 8 nitrogen and oxygen atoms in total. The lowest BCUT2D eigenvalue weighted by atomic mass is 10.0. The highest BCUT2D eigenvalue weighted by atomic mass is 16.5. The molecule has 2 heterocycles. The highest BCUT2D eigenvalue weighted by Gasteiger charge is 2.16. The van der Waals surface area contributed by atoms with E-state index >= 15 is 0 Å². The number of ether oxygens (including phenoxy) is 1. The van der Waals surface area contributed by atoms with Crippen molar-refractivity contribution in [2.45, 2.75) is 0 Å². The molecule has 3 aromatic carbocycles. The van der Waals surface area contributed by atoms with Gasteiger partial charge in [-0.2, -0.15) is 0 Å². The number of benzene rings is 3. The average molecular weight is 438 g/mol. The van der Waals surface area contributed by atoms with Crippen LogP contribution in [0, 0.1) is 0 Å². The number of nitrogens with zero attached hydrogens (tertiary/aromatic N) is 4. The van der Waals surface area contributed by atoms with E-state index in [2.05, 4.69) is 27.0 Å². The molecule has 162 valence electrons. The molecule has 0 fully saturated rings. The second kappa shape index (κ2) is 8.43. The Morgan fingerprint density at radius 2 is 1.24 bits per heavy atom. The summed E-state index contributed by atoms with van der Waals surface area (Å²) in [5, 5.41) is 26.1. The van der Waals surface area contributed by atoms with Crippen LogP contribution in [-0.4, -0.2) is 32.6 Å². The molecule has 0 amide bonds. The van der Waals surface area contributed by atoms with Gasteiger partial charge < -0.3 is 18.7 Å². The maximum Gasteiger partial charge on any atom is 0.248 e. The third-order valence-corrected chi connectivity index (χ3v) is 5.05. The Kier molecular flexibility index (Phi) is 5.16. The van der Waals surface area contributed by atoms with Gasteiger partial charge in [0.05, 0.1) is 7.11 Å². The van der Waals surface area contributed by atoms with Crippen LogP contribution >= 0.6 is 0 Å². The third kappa shape index (κ3) is 3.97. The molecule has 0 spiro atoms. The van der Waals surface area contributed by atoms with Gasteiger partial charge in [-0.3, -0.25) is 0 Å². The highest BCUT2D eigenvalue weighted by molar-refractivity contribution is 5.74. The van der Waals surface area contributed by atoms with E-state index in [9.17, 15) is 5.11 Å². The molecule has 0 bridgehead atoms. The first kappa shape index (κ1) is 20.2. The molecule has 0 aliphatic carbocycles. The first-order valence-electron chi connectivity index (χ1n) is 10.0. The van der Waals surface area contributed by atoms with Crippen LogP contribution in [0.15, 0.2) is 82.1 Å². The minimum atomic E-state index is 0.167. The molecule has 0 atom stereocenters. The second-order valence-corrected chi connectivity index (χ2v) is 7.11. The predicted octanol–water partition coefficient (Wildman–Crippen LogP) is 5.48. The molecule has 0 saturated heterocycles. The molecule has 0 saturated carbocycles. The molecular formula is C25H18N4O4. The molecular weight excluding hydrogens is 420 g/mol. The van der Waals surface area contributed by atoms with Gasteiger partial charge in [-0.1, -0.05) is 12.7 Å². The molecule has 0 aliphatic rings. The standard InChI is InChI=1S/C25H18N4O4/c1-3-15-14-18(24-28-26-22(32-24)16-4-9-19(30)10-5-16)8-13-21(15)25-29-27-23(33-25)17-6-11-20(31-2)12-7-17/h3-14,30H,1H2,2H3. The van der Waals surface area contributed by atoms with Crippen LogP contribution in [0.25, 0.3) is 51.9 Å². The molecule has 1 N–H and O–H groups in total. The molecule has 5 rings (SSSR count). The number of rotatable bonds is 6. The number of hydrogen-bond donors (Lipinski definition) is 1. The highest BCUT2D eigenvalue weighted by Crippen LogP contribution is 2.32. The van der Waals surface area contributed by atoms with Crippen molar-refractivity contribution in [3.8, 4) is 57.3 Å².